The number of aromatic nitrogens is 3. The molecule has 2 aromatic rings. The summed E-state index contributed by atoms with van der Waals surface area (Å²) in [5, 5.41) is 18.5. The number of aromatic amines is 1. The molecular weight excluding hydrogens is 297 g/mol. The first-order valence-corrected chi connectivity index (χ1v) is 7.09. The number of H-pyrrole nitrogens is 1. The van der Waals surface area contributed by atoms with E-state index in [1.165, 1.54) is 28.5 Å². The monoisotopic (exact) mass is 311 g/mol. The maximum Gasteiger partial charge on any atom is 0.343 e. The highest BCUT2D eigenvalue weighted by Gasteiger charge is 2.12. The standard InChI is InChI=1S/C12H14FN5O2S/c1-2-18-11(19)15-16-12(18)21-6-7-3-4-8(13)5-9(7)10(14)17-20/h3-5,20H,2,6H2,1H3,(H2,14,17)(H,15,19). The SMILES string of the molecule is CCn1c(SCc2ccc(F)cc2C(N)=NO)n[nH]c1=O. The Kier molecular flexibility index (Phi) is 4.63. The van der Waals surface area contributed by atoms with E-state index in [0.717, 1.165) is 0 Å². The first-order valence-electron chi connectivity index (χ1n) is 6.11. The van der Waals surface area contributed by atoms with Gasteiger partial charge in [-0.05, 0) is 24.6 Å². The molecule has 0 unspecified atom stereocenters. The van der Waals surface area contributed by atoms with Crippen molar-refractivity contribution in [3.63, 3.8) is 0 Å². The molecule has 0 aliphatic heterocycles. The van der Waals surface area contributed by atoms with E-state index in [9.17, 15) is 9.18 Å². The van der Waals surface area contributed by atoms with Crippen LogP contribution in [0.4, 0.5) is 4.39 Å². The lowest BCUT2D eigenvalue weighted by atomic mass is 10.1. The van der Waals surface area contributed by atoms with Crippen LogP contribution in [-0.2, 0) is 12.3 Å². The van der Waals surface area contributed by atoms with Crippen molar-refractivity contribution in [1.29, 1.82) is 0 Å². The van der Waals surface area contributed by atoms with Crippen molar-refractivity contribution in [2.75, 3.05) is 0 Å². The van der Waals surface area contributed by atoms with Gasteiger partial charge in [0.1, 0.15) is 5.82 Å². The summed E-state index contributed by atoms with van der Waals surface area (Å²) in [5.41, 5.74) is 6.25. The van der Waals surface area contributed by atoms with Gasteiger partial charge >= 0.3 is 5.69 Å². The van der Waals surface area contributed by atoms with Crippen LogP contribution in [0.1, 0.15) is 18.1 Å². The molecule has 0 fully saturated rings. The highest BCUT2D eigenvalue weighted by molar-refractivity contribution is 7.98. The van der Waals surface area contributed by atoms with Crippen molar-refractivity contribution in [2.24, 2.45) is 10.9 Å². The van der Waals surface area contributed by atoms with Crippen molar-refractivity contribution in [3.05, 3.63) is 45.6 Å². The van der Waals surface area contributed by atoms with Crippen LogP contribution in [0.25, 0.3) is 0 Å². The number of nitrogens with zero attached hydrogens (tertiary/aromatic N) is 3. The van der Waals surface area contributed by atoms with Gasteiger partial charge in [0, 0.05) is 17.9 Å². The second-order valence-electron chi connectivity index (χ2n) is 4.13. The van der Waals surface area contributed by atoms with Crippen LogP contribution < -0.4 is 11.4 Å². The predicted molar refractivity (Wildman–Crippen MR) is 77.0 cm³/mol. The summed E-state index contributed by atoms with van der Waals surface area (Å²) in [4.78, 5) is 11.5. The lowest BCUT2D eigenvalue weighted by molar-refractivity contribution is 0.318. The van der Waals surface area contributed by atoms with Crippen LogP contribution in [0, 0.1) is 5.82 Å². The molecule has 2 rings (SSSR count). The molecule has 0 radical (unpaired) electrons. The lowest BCUT2D eigenvalue weighted by Gasteiger charge is -2.08. The number of amidine groups is 1. The van der Waals surface area contributed by atoms with Crippen molar-refractivity contribution in [1.82, 2.24) is 14.8 Å². The zero-order valence-electron chi connectivity index (χ0n) is 11.2. The molecule has 0 spiro atoms. The number of oxime groups is 1. The molecule has 0 amide bonds. The van der Waals surface area contributed by atoms with E-state index in [1.807, 2.05) is 6.92 Å². The highest BCUT2D eigenvalue weighted by atomic mass is 32.2. The molecule has 0 saturated heterocycles. The minimum Gasteiger partial charge on any atom is -0.409 e. The molecule has 112 valence electrons. The molecule has 0 atom stereocenters. The Morgan fingerprint density at radius 1 is 1.62 bits per heavy atom. The topological polar surface area (TPSA) is 109 Å². The van der Waals surface area contributed by atoms with E-state index >= 15 is 0 Å². The van der Waals surface area contributed by atoms with Gasteiger partial charge in [-0.2, -0.15) is 0 Å². The van der Waals surface area contributed by atoms with Gasteiger partial charge in [-0.3, -0.25) is 4.57 Å². The molecule has 1 heterocycles. The zero-order valence-corrected chi connectivity index (χ0v) is 12.0. The molecule has 0 bridgehead atoms. The smallest absolute Gasteiger partial charge is 0.343 e. The molecule has 21 heavy (non-hydrogen) atoms. The van der Waals surface area contributed by atoms with Crippen LogP contribution in [0.2, 0.25) is 0 Å². The van der Waals surface area contributed by atoms with E-state index in [1.54, 1.807) is 6.07 Å². The van der Waals surface area contributed by atoms with E-state index in [4.69, 9.17) is 10.9 Å². The maximum atomic E-state index is 13.3. The van der Waals surface area contributed by atoms with Crippen LogP contribution >= 0.6 is 11.8 Å². The van der Waals surface area contributed by atoms with Gasteiger partial charge in [-0.1, -0.05) is 23.0 Å². The van der Waals surface area contributed by atoms with Crippen LogP contribution in [0.15, 0.2) is 33.3 Å². The summed E-state index contributed by atoms with van der Waals surface area (Å²) >= 11 is 1.30. The van der Waals surface area contributed by atoms with Crippen LogP contribution in [-0.4, -0.2) is 25.8 Å². The third-order valence-electron chi connectivity index (χ3n) is 2.85. The second-order valence-corrected chi connectivity index (χ2v) is 5.07. The second kappa shape index (κ2) is 6.44. The fraction of sp³-hybridized carbons (Fsp3) is 0.250. The third-order valence-corrected chi connectivity index (χ3v) is 3.88. The molecule has 0 aliphatic rings. The quantitative estimate of drug-likeness (QED) is 0.252. The molecule has 4 N–H and O–H groups in total. The molecule has 9 heteroatoms. The third kappa shape index (κ3) is 3.24. The lowest BCUT2D eigenvalue weighted by Crippen LogP contribution is -2.17. The number of benzene rings is 1. The summed E-state index contributed by atoms with van der Waals surface area (Å²) in [5.74, 6) is -0.244. The van der Waals surface area contributed by atoms with E-state index in [-0.39, 0.29) is 11.5 Å². The Morgan fingerprint density at radius 3 is 3.05 bits per heavy atom. The van der Waals surface area contributed by atoms with Gasteiger partial charge in [0.15, 0.2) is 11.0 Å². The fourth-order valence-electron chi connectivity index (χ4n) is 1.80. The first kappa shape index (κ1) is 15.1. The normalized spacial score (nSPS) is 11.8. The number of hydrogen-bond acceptors (Lipinski definition) is 5. The Morgan fingerprint density at radius 2 is 2.38 bits per heavy atom. The molecule has 0 aliphatic carbocycles. The van der Waals surface area contributed by atoms with E-state index in [0.29, 0.717) is 28.6 Å². The van der Waals surface area contributed by atoms with Gasteiger partial charge < -0.3 is 10.9 Å². The minimum atomic E-state index is -0.476. The first-order chi connectivity index (χ1) is 10.1. The highest BCUT2D eigenvalue weighted by Crippen LogP contribution is 2.22. The Hall–Kier alpha value is -2.29. The molecule has 0 saturated carbocycles. The fourth-order valence-corrected chi connectivity index (χ4v) is 2.82. The Labute approximate surface area is 123 Å². The number of halogens is 1. The molecule has 1 aromatic heterocycles. The number of thioether (sulfide) groups is 1. The van der Waals surface area contributed by atoms with E-state index in [2.05, 4.69) is 15.4 Å². The zero-order chi connectivity index (χ0) is 15.4. The van der Waals surface area contributed by atoms with Gasteiger partial charge in [0.2, 0.25) is 0 Å². The summed E-state index contributed by atoms with van der Waals surface area (Å²) < 4.78 is 14.8. The van der Waals surface area contributed by atoms with Crippen molar-refractivity contribution in [3.8, 4) is 0 Å². The van der Waals surface area contributed by atoms with Crippen molar-refractivity contribution < 1.29 is 9.60 Å². The average Bonchev–Trinajstić information content (AvgIpc) is 2.85. The summed E-state index contributed by atoms with van der Waals surface area (Å²) in [6.07, 6.45) is 0. The maximum absolute atomic E-state index is 13.3. The van der Waals surface area contributed by atoms with Crippen molar-refractivity contribution >= 4 is 17.6 Å². The summed E-state index contributed by atoms with van der Waals surface area (Å²) in [6.45, 7) is 2.33. The van der Waals surface area contributed by atoms with E-state index < -0.39 is 5.82 Å². The largest absolute Gasteiger partial charge is 0.409 e. The summed E-state index contributed by atoms with van der Waals surface area (Å²) in [6, 6.07) is 4.04. The van der Waals surface area contributed by atoms with Gasteiger partial charge in [-0.25, -0.2) is 14.3 Å². The van der Waals surface area contributed by atoms with Gasteiger partial charge in [0.05, 0.1) is 0 Å². The van der Waals surface area contributed by atoms with Gasteiger partial charge in [0.25, 0.3) is 0 Å². The van der Waals surface area contributed by atoms with Crippen LogP contribution in [0.3, 0.4) is 0 Å². The number of rotatable bonds is 5. The van der Waals surface area contributed by atoms with Crippen LogP contribution in [0.5, 0.6) is 0 Å². The Bertz CT molecular complexity index is 725. The molecule has 1 aromatic carbocycles. The minimum absolute atomic E-state index is 0.167. The molecule has 7 nitrogen and oxygen atoms in total. The molecular formula is C12H14FN5O2S. The van der Waals surface area contributed by atoms with Gasteiger partial charge in [-0.15, -0.1) is 5.10 Å². The number of nitrogens with two attached hydrogens (primary N) is 1. The average molecular weight is 311 g/mol. The number of hydrogen-bond donors (Lipinski definition) is 3. The number of nitrogens with one attached hydrogen (secondary N) is 1. The summed E-state index contributed by atoms with van der Waals surface area (Å²) in [7, 11) is 0. The van der Waals surface area contributed by atoms with Crippen molar-refractivity contribution in [2.45, 2.75) is 24.4 Å². The predicted octanol–water partition coefficient (Wildman–Crippen LogP) is 1.12. The Balaban J connectivity index is 2.26.